The maximum atomic E-state index is 12.8. The van der Waals surface area contributed by atoms with E-state index in [1.54, 1.807) is 18.7 Å². The normalized spacial score (nSPS) is 20.6. The van der Waals surface area contributed by atoms with Crippen LogP contribution in [0.15, 0.2) is 0 Å². The van der Waals surface area contributed by atoms with Crippen LogP contribution < -0.4 is 5.32 Å². The maximum absolute atomic E-state index is 12.8. The van der Waals surface area contributed by atoms with Crippen LogP contribution in [0.1, 0.15) is 33.1 Å². The fourth-order valence-electron chi connectivity index (χ4n) is 3.15. The molecule has 2 aliphatic rings. The van der Waals surface area contributed by atoms with Crippen molar-refractivity contribution in [3.63, 3.8) is 0 Å². The molecule has 7 heteroatoms. The molecule has 1 spiro atoms. The zero-order valence-electron chi connectivity index (χ0n) is 15.4. The Kier molecular flexibility index (Phi) is 6.22. The Balaban J connectivity index is 1.82. The molecule has 0 atom stereocenters. The van der Waals surface area contributed by atoms with Gasteiger partial charge in [-0.05, 0) is 40.9 Å². The summed E-state index contributed by atoms with van der Waals surface area (Å²) in [4.78, 5) is 29.0. The fourth-order valence-corrected chi connectivity index (χ4v) is 3.15. The van der Waals surface area contributed by atoms with E-state index in [1.807, 2.05) is 14.1 Å². The quantitative estimate of drug-likeness (QED) is 0.561. The van der Waals surface area contributed by atoms with Gasteiger partial charge in [-0.3, -0.25) is 9.59 Å². The van der Waals surface area contributed by atoms with Gasteiger partial charge < -0.3 is 24.6 Å². The zero-order valence-corrected chi connectivity index (χ0v) is 15.4. The summed E-state index contributed by atoms with van der Waals surface area (Å²) in [6.07, 6.45) is 2.20. The van der Waals surface area contributed by atoms with Gasteiger partial charge in [0.05, 0.1) is 13.2 Å². The van der Waals surface area contributed by atoms with Gasteiger partial charge >= 0.3 is 0 Å². The SMILES string of the molecule is CN(C)CCCNC(=O)C(C)(C)C(=O)N1CCC2(CC1)OCCO2. The average molecular weight is 341 g/mol. The first-order valence-electron chi connectivity index (χ1n) is 8.77. The number of nitrogens with one attached hydrogen (secondary N) is 1. The molecule has 0 aromatic carbocycles. The smallest absolute Gasteiger partial charge is 0.237 e. The molecule has 2 heterocycles. The highest BCUT2D eigenvalue weighted by atomic mass is 16.7. The summed E-state index contributed by atoms with van der Waals surface area (Å²) in [5.74, 6) is -0.838. The highest BCUT2D eigenvalue weighted by Crippen LogP contribution is 2.33. The van der Waals surface area contributed by atoms with Crippen LogP contribution in [-0.4, -0.2) is 80.9 Å². The molecule has 0 saturated carbocycles. The molecule has 0 bridgehead atoms. The summed E-state index contributed by atoms with van der Waals surface area (Å²) in [7, 11) is 3.99. The minimum atomic E-state index is -1.06. The number of likely N-dealkylation sites (tertiary alicyclic amines) is 1. The molecule has 24 heavy (non-hydrogen) atoms. The van der Waals surface area contributed by atoms with E-state index in [2.05, 4.69) is 10.2 Å². The van der Waals surface area contributed by atoms with Gasteiger partial charge in [-0.25, -0.2) is 0 Å². The minimum absolute atomic E-state index is 0.125. The Bertz CT molecular complexity index is 449. The Morgan fingerprint density at radius 1 is 1.17 bits per heavy atom. The van der Waals surface area contributed by atoms with Crippen molar-refractivity contribution < 1.29 is 19.1 Å². The summed E-state index contributed by atoms with van der Waals surface area (Å²) in [6.45, 7) is 7.25. The maximum Gasteiger partial charge on any atom is 0.237 e. The number of carbonyl (C=O) groups excluding carboxylic acids is 2. The topological polar surface area (TPSA) is 71.1 Å². The van der Waals surface area contributed by atoms with Crippen molar-refractivity contribution in [2.24, 2.45) is 5.41 Å². The third-order valence-electron chi connectivity index (χ3n) is 4.80. The highest BCUT2D eigenvalue weighted by Gasteiger charge is 2.45. The molecular weight excluding hydrogens is 310 g/mol. The van der Waals surface area contributed by atoms with Crippen LogP contribution in [0.2, 0.25) is 0 Å². The van der Waals surface area contributed by atoms with Crippen molar-refractivity contribution in [3.8, 4) is 0 Å². The summed E-state index contributed by atoms with van der Waals surface area (Å²) in [6, 6.07) is 0. The molecule has 2 amide bonds. The Hall–Kier alpha value is -1.18. The average Bonchev–Trinajstić information content (AvgIpc) is 2.99. The van der Waals surface area contributed by atoms with Crippen molar-refractivity contribution in [1.29, 1.82) is 0 Å². The van der Waals surface area contributed by atoms with Crippen LogP contribution in [0.4, 0.5) is 0 Å². The van der Waals surface area contributed by atoms with Crippen LogP contribution in [0.25, 0.3) is 0 Å². The Labute approximate surface area is 144 Å². The largest absolute Gasteiger partial charge is 0.355 e. The van der Waals surface area contributed by atoms with Crippen molar-refractivity contribution in [1.82, 2.24) is 15.1 Å². The van der Waals surface area contributed by atoms with Crippen LogP contribution in [0, 0.1) is 5.41 Å². The molecule has 0 radical (unpaired) electrons. The first-order valence-corrected chi connectivity index (χ1v) is 8.77. The molecule has 1 N–H and O–H groups in total. The van der Waals surface area contributed by atoms with Gasteiger partial charge in [0.1, 0.15) is 5.41 Å². The lowest BCUT2D eigenvalue weighted by Crippen LogP contribution is -2.54. The van der Waals surface area contributed by atoms with Crippen molar-refractivity contribution >= 4 is 11.8 Å². The van der Waals surface area contributed by atoms with E-state index in [0.29, 0.717) is 45.7 Å². The van der Waals surface area contributed by atoms with Crippen molar-refractivity contribution in [2.75, 3.05) is 53.5 Å². The molecule has 2 saturated heterocycles. The van der Waals surface area contributed by atoms with E-state index >= 15 is 0 Å². The lowest BCUT2D eigenvalue weighted by molar-refractivity contribution is -0.189. The molecule has 2 aliphatic heterocycles. The van der Waals surface area contributed by atoms with Gasteiger partial charge in [-0.2, -0.15) is 0 Å². The van der Waals surface area contributed by atoms with Gasteiger partial charge in [0, 0.05) is 32.5 Å². The van der Waals surface area contributed by atoms with Gasteiger partial charge in [0.15, 0.2) is 5.79 Å². The van der Waals surface area contributed by atoms with Gasteiger partial charge in [0.25, 0.3) is 0 Å². The van der Waals surface area contributed by atoms with E-state index in [0.717, 1.165) is 13.0 Å². The predicted molar refractivity (Wildman–Crippen MR) is 90.4 cm³/mol. The summed E-state index contributed by atoms with van der Waals surface area (Å²) in [5.41, 5.74) is -1.06. The van der Waals surface area contributed by atoms with Crippen LogP contribution in [0.3, 0.4) is 0 Å². The second-order valence-corrected chi connectivity index (χ2v) is 7.44. The molecule has 0 aromatic rings. The molecule has 7 nitrogen and oxygen atoms in total. The van der Waals surface area contributed by atoms with E-state index in [-0.39, 0.29) is 11.8 Å². The van der Waals surface area contributed by atoms with E-state index in [1.165, 1.54) is 0 Å². The minimum Gasteiger partial charge on any atom is -0.355 e. The molecule has 2 rings (SSSR count). The predicted octanol–water partition coefficient (Wildman–Crippen LogP) is 0.446. The van der Waals surface area contributed by atoms with Crippen molar-refractivity contribution in [2.45, 2.75) is 38.9 Å². The Morgan fingerprint density at radius 2 is 1.75 bits per heavy atom. The third-order valence-corrected chi connectivity index (χ3v) is 4.80. The molecule has 138 valence electrons. The standard InChI is InChI=1S/C17H31N3O4/c1-16(2,14(21)18-8-5-9-19(3)4)15(22)20-10-6-17(7-11-20)23-12-13-24-17/h5-13H2,1-4H3,(H,18,21). The second kappa shape index (κ2) is 7.80. The first-order chi connectivity index (χ1) is 11.3. The number of ether oxygens (including phenoxy) is 2. The second-order valence-electron chi connectivity index (χ2n) is 7.44. The fraction of sp³-hybridized carbons (Fsp3) is 0.882. The number of hydrogen-bond donors (Lipinski definition) is 1. The van der Waals surface area contributed by atoms with Crippen LogP contribution >= 0.6 is 0 Å². The number of rotatable bonds is 6. The molecule has 0 aromatic heterocycles. The van der Waals surface area contributed by atoms with Crippen molar-refractivity contribution in [3.05, 3.63) is 0 Å². The molecule has 2 fully saturated rings. The number of nitrogens with zero attached hydrogens (tertiary/aromatic N) is 2. The molecule has 0 aliphatic carbocycles. The van der Waals surface area contributed by atoms with Crippen LogP contribution in [0.5, 0.6) is 0 Å². The molecule has 0 unspecified atom stereocenters. The van der Waals surface area contributed by atoms with E-state index < -0.39 is 11.2 Å². The van der Waals surface area contributed by atoms with E-state index in [9.17, 15) is 9.59 Å². The number of amides is 2. The molecular formula is C17H31N3O4. The van der Waals surface area contributed by atoms with Gasteiger partial charge in [-0.15, -0.1) is 0 Å². The third kappa shape index (κ3) is 4.46. The Morgan fingerprint density at radius 3 is 2.29 bits per heavy atom. The summed E-state index contributed by atoms with van der Waals surface area (Å²) < 4.78 is 11.4. The van der Waals surface area contributed by atoms with Gasteiger partial charge in [0.2, 0.25) is 11.8 Å². The van der Waals surface area contributed by atoms with Crippen LogP contribution in [-0.2, 0) is 19.1 Å². The summed E-state index contributed by atoms with van der Waals surface area (Å²) in [5, 5.41) is 2.88. The summed E-state index contributed by atoms with van der Waals surface area (Å²) >= 11 is 0. The monoisotopic (exact) mass is 341 g/mol. The highest BCUT2D eigenvalue weighted by molar-refractivity contribution is 6.04. The zero-order chi connectivity index (χ0) is 17.8. The number of piperidine rings is 1. The number of hydrogen-bond acceptors (Lipinski definition) is 5. The van der Waals surface area contributed by atoms with Gasteiger partial charge in [-0.1, -0.05) is 0 Å². The first kappa shape index (κ1) is 19.1. The number of carbonyl (C=O) groups is 2. The van der Waals surface area contributed by atoms with E-state index in [4.69, 9.17) is 9.47 Å². The lowest BCUT2D eigenvalue weighted by atomic mass is 9.89. The lowest BCUT2D eigenvalue weighted by Gasteiger charge is -2.40.